The van der Waals surface area contributed by atoms with Crippen molar-refractivity contribution in [2.24, 2.45) is 0 Å². The summed E-state index contributed by atoms with van der Waals surface area (Å²) < 4.78 is 10.0. The van der Waals surface area contributed by atoms with Gasteiger partial charge in [0.25, 0.3) is 0 Å². The number of rotatable bonds is 7. The maximum atomic E-state index is 9.64. The lowest BCUT2D eigenvalue weighted by Crippen LogP contribution is -2.45. The summed E-state index contributed by atoms with van der Waals surface area (Å²) in [7, 11) is 2.94. The van der Waals surface area contributed by atoms with E-state index in [1.807, 2.05) is 0 Å². The molecule has 5 nitrogen and oxygen atoms in total. The fraction of sp³-hybridized carbons (Fsp3) is 1.00. The number of methoxy groups -OCH3 is 2. The third-order valence-corrected chi connectivity index (χ3v) is 2.26. The predicted molar refractivity (Wildman–Crippen MR) is 51.0 cm³/mol. The zero-order chi connectivity index (χ0) is 11.1. The third-order valence-electron chi connectivity index (χ3n) is 2.26. The van der Waals surface area contributed by atoms with Crippen LogP contribution in [0.15, 0.2) is 0 Å². The van der Waals surface area contributed by atoms with Crippen LogP contribution >= 0.6 is 0 Å². The van der Waals surface area contributed by atoms with Gasteiger partial charge in [-0.3, -0.25) is 0 Å². The highest BCUT2D eigenvalue weighted by Gasteiger charge is 2.30. The van der Waals surface area contributed by atoms with Crippen LogP contribution in [-0.2, 0) is 9.47 Å². The van der Waals surface area contributed by atoms with Crippen molar-refractivity contribution in [2.45, 2.75) is 37.8 Å². The fourth-order valence-electron chi connectivity index (χ4n) is 1.26. The molecular weight excluding hydrogens is 188 g/mol. The van der Waals surface area contributed by atoms with Crippen LogP contribution in [-0.4, -0.2) is 60.6 Å². The number of aliphatic hydroxyl groups excluding tert-OH is 3. The van der Waals surface area contributed by atoms with Crippen molar-refractivity contribution in [3.63, 3.8) is 0 Å². The second kappa shape index (κ2) is 7.14. The monoisotopic (exact) mass is 208 g/mol. The Bertz CT molecular complexity index is 141. The quantitative estimate of drug-likeness (QED) is 0.507. The van der Waals surface area contributed by atoms with Crippen molar-refractivity contribution >= 4 is 0 Å². The maximum absolute atomic E-state index is 9.64. The molecule has 4 atom stereocenters. The van der Waals surface area contributed by atoms with E-state index in [0.717, 1.165) is 0 Å². The number of hydrogen-bond acceptors (Lipinski definition) is 5. The highest BCUT2D eigenvalue weighted by atomic mass is 16.5. The molecule has 3 N–H and O–H groups in total. The van der Waals surface area contributed by atoms with E-state index in [2.05, 4.69) is 0 Å². The van der Waals surface area contributed by atoms with E-state index in [4.69, 9.17) is 14.6 Å². The number of aliphatic hydroxyl groups is 3. The molecule has 0 aliphatic heterocycles. The Kier molecular flexibility index (Phi) is 7.04. The van der Waals surface area contributed by atoms with E-state index in [1.165, 1.54) is 14.2 Å². The number of hydrogen-bond donors (Lipinski definition) is 3. The SMILES string of the molecule is COC(C)C(OC)C(O)C(O)CCO. The van der Waals surface area contributed by atoms with Gasteiger partial charge in [-0.2, -0.15) is 0 Å². The molecule has 0 saturated heterocycles. The van der Waals surface area contributed by atoms with Crippen LogP contribution in [0.5, 0.6) is 0 Å². The summed E-state index contributed by atoms with van der Waals surface area (Å²) >= 11 is 0. The first-order chi connectivity index (χ1) is 6.58. The number of ether oxygens (including phenoxy) is 2. The first-order valence-corrected chi connectivity index (χ1v) is 4.61. The second-order valence-corrected chi connectivity index (χ2v) is 3.21. The van der Waals surface area contributed by atoms with E-state index in [1.54, 1.807) is 6.92 Å². The Balaban J connectivity index is 4.21. The molecule has 0 saturated carbocycles. The molecule has 0 spiro atoms. The fourth-order valence-corrected chi connectivity index (χ4v) is 1.26. The van der Waals surface area contributed by atoms with E-state index in [9.17, 15) is 10.2 Å². The standard InChI is InChI=1S/C9H20O5/c1-6(13-2)9(14-3)8(12)7(11)4-5-10/h6-12H,4-5H2,1-3H3. The van der Waals surface area contributed by atoms with Crippen LogP contribution in [0.25, 0.3) is 0 Å². The van der Waals surface area contributed by atoms with Crippen molar-refractivity contribution < 1.29 is 24.8 Å². The first kappa shape index (κ1) is 13.8. The molecule has 4 unspecified atom stereocenters. The smallest absolute Gasteiger partial charge is 0.111 e. The Labute approximate surface area is 84.3 Å². The third kappa shape index (κ3) is 3.89. The summed E-state index contributed by atoms with van der Waals surface area (Å²) in [6.45, 7) is 1.57. The lowest BCUT2D eigenvalue weighted by Gasteiger charge is -2.29. The molecule has 5 heteroatoms. The normalized spacial score (nSPS) is 20.1. The van der Waals surface area contributed by atoms with Gasteiger partial charge in [-0.15, -0.1) is 0 Å². The van der Waals surface area contributed by atoms with Crippen LogP contribution in [0.2, 0.25) is 0 Å². The van der Waals surface area contributed by atoms with Crippen molar-refractivity contribution in [3.8, 4) is 0 Å². The van der Waals surface area contributed by atoms with Gasteiger partial charge in [-0.05, 0) is 13.3 Å². The van der Waals surface area contributed by atoms with E-state index < -0.39 is 18.3 Å². The van der Waals surface area contributed by atoms with Crippen LogP contribution in [0.4, 0.5) is 0 Å². The molecule has 0 heterocycles. The van der Waals surface area contributed by atoms with Crippen molar-refractivity contribution in [2.75, 3.05) is 20.8 Å². The van der Waals surface area contributed by atoms with Gasteiger partial charge in [0, 0.05) is 20.8 Å². The summed E-state index contributed by atoms with van der Waals surface area (Å²) in [5.41, 5.74) is 0. The highest BCUT2D eigenvalue weighted by molar-refractivity contribution is 4.80. The van der Waals surface area contributed by atoms with Crippen LogP contribution < -0.4 is 0 Å². The minimum absolute atomic E-state index is 0.122. The molecule has 0 aliphatic rings. The molecule has 0 fully saturated rings. The molecule has 0 radical (unpaired) electrons. The van der Waals surface area contributed by atoms with E-state index in [0.29, 0.717) is 0 Å². The molecule has 0 aromatic heterocycles. The summed E-state index contributed by atoms with van der Waals surface area (Å²) in [5, 5.41) is 27.7. The lowest BCUT2D eigenvalue weighted by atomic mass is 10.0. The maximum Gasteiger partial charge on any atom is 0.111 e. The Morgan fingerprint density at radius 2 is 1.71 bits per heavy atom. The Morgan fingerprint density at radius 3 is 2.07 bits per heavy atom. The van der Waals surface area contributed by atoms with Crippen LogP contribution in [0.3, 0.4) is 0 Å². The average molecular weight is 208 g/mol. The van der Waals surface area contributed by atoms with Crippen molar-refractivity contribution in [1.29, 1.82) is 0 Å². The zero-order valence-electron chi connectivity index (χ0n) is 8.88. The average Bonchev–Trinajstić information content (AvgIpc) is 2.18. The molecular formula is C9H20O5. The minimum Gasteiger partial charge on any atom is -0.396 e. The molecule has 0 amide bonds. The van der Waals surface area contributed by atoms with Crippen LogP contribution in [0.1, 0.15) is 13.3 Å². The molecule has 0 aromatic rings. The summed E-state index contributed by atoms with van der Waals surface area (Å²) in [6, 6.07) is 0. The van der Waals surface area contributed by atoms with Gasteiger partial charge in [-0.1, -0.05) is 0 Å². The Hall–Kier alpha value is -0.200. The predicted octanol–water partition coefficient (Wildman–Crippen LogP) is -0.860. The van der Waals surface area contributed by atoms with E-state index >= 15 is 0 Å². The summed E-state index contributed by atoms with van der Waals surface area (Å²) in [5.74, 6) is 0. The van der Waals surface area contributed by atoms with Crippen molar-refractivity contribution in [3.05, 3.63) is 0 Å². The molecule has 86 valence electrons. The van der Waals surface area contributed by atoms with Gasteiger partial charge in [0.1, 0.15) is 12.2 Å². The Morgan fingerprint density at radius 1 is 1.14 bits per heavy atom. The molecule has 0 aliphatic carbocycles. The van der Waals surface area contributed by atoms with Crippen LogP contribution in [0, 0.1) is 0 Å². The van der Waals surface area contributed by atoms with Gasteiger partial charge < -0.3 is 24.8 Å². The highest BCUT2D eigenvalue weighted by Crippen LogP contribution is 2.12. The van der Waals surface area contributed by atoms with Crippen molar-refractivity contribution in [1.82, 2.24) is 0 Å². The van der Waals surface area contributed by atoms with Gasteiger partial charge in [0.2, 0.25) is 0 Å². The molecule has 0 rings (SSSR count). The largest absolute Gasteiger partial charge is 0.396 e. The summed E-state index contributed by atoms with van der Waals surface area (Å²) in [6.07, 6.45) is -2.84. The first-order valence-electron chi connectivity index (χ1n) is 4.61. The zero-order valence-corrected chi connectivity index (χ0v) is 8.88. The van der Waals surface area contributed by atoms with E-state index in [-0.39, 0.29) is 19.1 Å². The second-order valence-electron chi connectivity index (χ2n) is 3.21. The lowest BCUT2D eigenvalue weighted by molar-refractivity contribution is -0.127. The molecule has 0 aromatic carbocycles. The molecule has 14 heavy (non-hydrogen) atoms. The van der Waals surface area contributed by atoms with Gasteiger partial charge in [0.05, 0.1) is 12.2 Å². The topological polar surface area (TPSA) is 79.2 Å². The van der Waals surface area contributed by atoms with Gasteiger partial charge >= 0.3 is 0 Å². The summed E-state index contributed by atoms with van der Waals surface area (Å²) in [4.78, 5) is 0. The minimum atomic E-state index is -1.05. The van der Waals surface area contributed by atoms with Gasteiger partial charge in [-0.25, -0.2) is 0 Å². The molecule has 0 bridgehead atoms. The van der Waals surface area contributed by atoms with Gasteiger partial charge in [0.15, 0.2) is 0 Å².